The summed E-state index contributed by atoms with van der Waals surface area (Å²) in [6, 6.07) is 15.3. The second kappa shape index (κ2) is 14.9. The lowest BCUT2D eigenvalue weighted by atomic mass is 9.85. The number of alkyl halides is 1. The van der Waals surface area contributed by atoms with Crippen LogP contribution in [-0.4, -0.2) is 12.0 Å². The van der Waals surface area contributed by atoms with E-state index in [9.17, 15) is 13.6 Å². The number of benzene rings is 2. The molecule has 2 aromatic rings. The Kier molecular flexibility index (Phi) is 12.1. The van der Waals surface area contributed by atoms with Crippen LogP contribution in [0, 0.1) is 5.82 Å². The number of rotatable bonds is 16. The molecule has 0 fully saturated rings. The van der Waals surface area contributed by atoms with Gasteiger partial charge in [-0.2, -0.15) is 0 Å². The molecule has 0 spiro atoms. The molecule has 0 radical (unpaired) electrons. The fraction of sp³-hybridized carbons (Fsp3) is 0.536. The maximum atomic E-state index is 14.6. The molecule has 2 unspecified atom stereocenters. The van der Waals surface area contributed by atoms with E-state index >= 15 is 0 Å². The molecule has 0 saturated heterocycles. The SMILES string of the molecule is CCCCCCCCCCCCC(F)CC(=O)C(c1ccccc1)c1ccc(F)cc1. The smallest absolute Gasteiger partial charge is 0.147 e. The second-order valence-corrected chi connectivity index (χ2v) is 8.63. The fourth-order valence-electron chi connectivity index (χ4n) is 4.16. The van der Waals surface area contributed by atoms with Gasteiger partial charge in [-0.25, -0.2) is 8.78 Å². The lowest BCUT2D eigenvalue weighted by Crippen LogP contribution is -2.18. The number of carbonyl (C=O) groups excluding carboxylic acids is 1. The highest BCUT2D eigenvalue weighted by molar-refractivity contribution is 5.89. The van der Waals surface area contributed by atoms with Gasteiger partial charge in [-0.15, -0.1) is 0 Å². The van der Waals surface area contributed by atoms with E-state index in [1.54, 1.807) is 12.1 Å². The monoisotopic (exact) mass is 428 g/mol. The van der Waals surface area contributed by atoms with E-state index in [-0.39, 0.29) is 18.0 Å². The topological polar surface area (TPSA) is 17.1 Å². The summed E-state index contributed by atoms with van der Waals surface area (Å²) in [6.07, 6.45) is 11.3. The first kappa shape index (κ1) is 25.2. The standard InChI is InChI=1S/C28H38F2O/c1-2-3-4-5-6-7-8-9-10-14-17-26(30)22-27(31)28(23-15-12-11-13-16-23)24-18-20-25(29)21-19-24/h11-13,15-16,18-21,26,28H,2-10,14,17,22H2,1H3. The molecular weight excluding hydrogens is 390 g/mol. The first-order valence-corrected chi connectivity index (χ1v) is 12.1. The van der Waals surface area contributed by atoms with E-state index in [4.69, 9.17) is 0 Å². The normalized spacial score (nSPS) is 13.1. The van der Waals surface area contributed by atoms with Crippen LogP contribution >= 0.6 is 0 Å². The van der Waals surface area contributed by atoms with Crippen molar-refractivity contribution in [3.8, 4) is 0 Å². The van der Waals surface area contributed by atoms with Crippen molar-refractivity contribution in [2.45, 2.75) is 96.1 Å². The summed E-state index contributed by atoms with van der Waals surface area (Å²) in [5.41, 5.74) is 1.54. The molecule has 0 N–H and O–H groups in total. The van der Waals surface area contributed by atoms with Crippen LogP contribution in [0.1, 0.15) is 101 Å². The molecule has 170 valence electrons. The van der Waals surface area contributed by atoms with Gasteiger partial charge in [0.05, 0.1) is 5.92 Å². The zero-order chi connectivity index (χ0) is 22.3. The van der Waals surface area contributed by atoms with Crippen molar-refractivity contribution in [1.82, 2.24) is 0 Å². The van der Waals surface area contributed by atoms with E-state index in [1.807, 2.05) is 30.3 Å². The van der Waals surface area contributed by atoms with Crippen LogP contribution < -0.4 is 0 Å². The van der Waals surface area contributed by atoms with Gasteiger partial charge in [-0.1, -0.05) is 114 Å². The van der Waals surface area contributed by atoms with E-state index in [0.29, 0.717) is 12.0 Å². The van der Waals surface area contributed by atoms with E-state index < -0.39 is 12.1 Å². The number of unbranched alkanes of at least 4 members (excludes halogenated alkanes) is 9. The summed E-state index contributed by atoms with van der Waals surface area (Å²) in [7, 11) is 0. The molecule has 0 heterocycles. The number of Topliss-reactive ketones (excluding diaryl/α,β-unsaturated/α-hetero) is 1. The van der Waals surface area contributed by atoms with Crippen molar-refractivity contribution >= 4 is 5.78 Å². The summed E-state index contributed by atoms with van der Waals surface area (Å²) in [6.45, 7) is 2.23. The van der Waals surface area contributed by atoms with Crippen LogP contribution in [0.15, 0.2) is 54.6 Å². The highest BCUT2D eigenvalue weighted by atomic mass is 19.1. The Morgan fingerprint density at radius 3 is 1.84 bits per heavy atom. The van der Waals surface area contributed by atoms with Gasteiger partial charge in [0.1, 0.15) is 17.8 Å². The summed E-state index contributed by atoms with van der Waals surface area (Å²) in [5.74, 6) is -1.03. The number of hydrogen-bond acceptors (Lipinski definition) is 1. The van der Waals surface area contributed by atoms with E-state index in [2.05, 4.69) is 6.92 Å². The van der Waals surface area contributed by atoms with Gasteiger partial charge in [0.2, 0.25) is 0 Å². The van der Waals surface area contributed by atoms with Crippen molar-refractivity contribution in [2.75, 3.05) is 0 Å². The summed E-state index contributed by atoms with van der Waals surface area (Å²) < 4.78 is 27.9. The third-order valence-corrected chi connectivity index (χ3v) is 5.95. The molecule has 0 saturated carbocycles. The van der Waals surface area contributed by atoms with E-state index in [1.165, 1.54) is 57.1 Å². The third kappa shape index (κ3) is 9.76. The molecule has 0 aliphatic rings. The minimum Gasteiger partial charge on any atom is -0.299 e. The van der Waals surface area contributed by atoms with Gasteiger partial charge >= 0.3 is 0 Å². The van der Waals surface area contributed by atoms with Crippen molar-refractivity contribution < 1.29 is 13.6 Å². The molecule has 0 amide bonds. The second-order valence-electron chi connectivity index (χ2n) is 8.63. The van der Waals surface area contributed by atoms with E-state index in [0.717, 1.165) is 24.8 Å². The van der Waals surface area contributed by atoms with Gasteiger partial charge in [0, 0.05) is 6.42 Å². The molecule has 0 aliphatic heterocycles. The predicted molar refractivity (Wildman–Crippen MR) is 126 cm³/mol. The zero-order valence-electron chi connectivity index (χ0n) is 19.0. The Morgan fingerprint density at radius 2 is 1.26 bits per heavy atom. The Labute approximate surface area is 187 Å². The Bertz CT molecular complexity index is 726. The van der Waals surface area contributed by atoms with Crippen LogP contribution in [0.5, 0.6) is 0 Å². The quantitative estimate of drug-likeness (QED) is 0.245. The lowest BCUT2D eigenvalue weighted by molar-refractivity contribution is -0.120. The highest BCUT2D eigenvalue weighted by Crippen LogP contribution is 2.28. The van der Waals surface area contributed by atoms with Gasteiger partial charge in [0.25, 0.3) is 0 Å². The fourth-order valence-corrected chi connectivity index (χ4v) is 4.16. The molecular formula is C28H38F2O. The zero-order valence-corrected chi connectivity index (χ0v) is 19.0. The average Bonchev–Trinajstić information content (AvgIpc) is 2.77. The lowest BCUT2D eigenvalue weighted by Gasteiger charge is -2.18. The molecule has 2 rings (SSSR count). The maximum absolute atomic E-state index is 14.6. The molecule has 2 atom stereocenters. The number of halogens is 2. The van der Waals surface area contributed by atoms with Crippen LogP contribution in [-0.2, 0) is 4.79 Å². The van der Waals surface area contributed by atoms with Gasteiger partial charge in [-0.3, -0.25) is 4.79 Å². The van der Waals surface area contributed by atoms with Crippen molar-refractivity contribution in [3.05, 3.63) is 71.5 Å². The molecule has 2 aromatic carbocycles. The van der Waals surface area contributed by atoms with Crippen LogP contribution in [0.3, 0.4) is 0 Å². The van der Waals surface area contributed by atoms with Gasteiger partial charge in [-0.05, 0) is 29.7 Å². The summed E-state index contributed by atoms with van der Waals surface area (Å²) in [5, 5.41) is 0. The van der Waals surface area contributed by atoms with Crippen molar-refractivity contribution in [2.24, 2.45) is 0 Å². The molecule has 0 bridgehead atoms. The van der Waals surface area contributed by atoms with Crippen LogP contribution in [0.25, 0.3) is 0 Å². The molecule has 3 heteroatoms. The average molecular weight is 429 g/mol. The van der Waals surface area contributed by atoms with Gasteiger partial charge < -0.3 is 0 Å². The van der Waals surface area contributed by atoms with Crippen LogP contribution in [0.2, 0.25) is 0 Å². The maximum Gasteiger partial charge on any atom is 0.147 e. The number of hydrogen-bond donors (Lipinski definition) is 0. The summed E-state index contributed by atoms with van der Waals surface area (Å²) in [4.78, 5) is 13.0. The minimum atomic E-state index is -1.12. The molecule has 0 aliphatic carbocycles. The molecule has 31 heavy (non-hydrogen) atoms. The predicted octanol–water partition coefficient (Wildman–Crippen LogP) is 8.57. The Hall–Kier alpha value is -2.03. The number of carbonyl (C=O) groups is 1. The van der Waals surface area contributed by atoms with Gasteiger partial charge in [0.15, 0.2) is 0 Å². The summed E-state index contributed by atoms with van der Waals surface area (Å²) >= 11 is 0. The van der Waals surface area contributed by atoms with Crippen molar-refractivity contribution in [3.63, 3.8) is 0 Å². The number of ketones is 1. The Morgan fingerprint density at radius 1 is 0.742 bits per heavy atom. The largest absolute Gasteiger partial charge is 0.299 e. The molecule has 0 aromatic heterocycles. The Balaban J connectivity index is 1.75. The molecule has 1 nitrogen and oxygen atoms in total. The van der Waals surface area contributed by atoms with Crippen molar-refractivity contribution in [1.29, 1.82) is 0 Å². The highest BCUT2D eigenvalue weighted by Gasteiger charge is 2.25. The first-order valence-electron chi connectivity index (χ1n) is 12.1. The van der Waals surface area contributed by atoms with Crippen LogP contribution in [0.4, 0.5) is 8.78 Å². The minimum absolute atomic E-state index is 0.0889. The third-order valence-electron chi connectivity index (χ3n) is 5.95. The first-order chi connectivity index (χ1) is 15.1.